The second kappa shape index (κ2) is 7.51. The van der Waals surface area contributed by atoms with E-state index in [1.165, 1.54) is 6.20 Å². The highest BCUT2D eigenvalue weighted by Crippen LogP contribution is 2.33. The molecule has 2 aromatic heterocycles. The molecule has 0 spiro atoms. The Morgan fingerprint density at radius 2 is 1.92 bits per heavy atom. The number of carbonyl (C=O) groups excluding carboxylic acids is 1. The molecule has 0 saturated carbocycles. The average Bonchev–Trinajstić information content (AvgIpc) is 2.61. The van der Waals surface area contributed by atoms with Crippen molar-refractivity contribution in [2.45, 2.75) is 0 Å². The molecule has 3 rings (SSSR count). The van der Waals surface area contributed by atoms with E-state index in [0.29, 0.717) is 38.4 Å². The summed E-state index contributed by atoms with van der Waals surface area (Å²) >= 11 is 12.2. The van der Waals surface area contributed by atoms with Crippen LogP contribution in [0.2, 0.25) is 10.2 Å². The zero-order valence-electron chi connectivity index (χ0n) is 13.2. The molecule has 0 aliphatic rings. The van der Waals surface area contributed by atoms with E-state index in [9.17, 15) is 4.79 Å². The molecule has 1 aromatic carbocycles. The first-order chi connectivity index (χ1) is 12.1. The number of nitrogens with one attached hydrogen (secondary N) is 1. The zero-order valence-corrected chi connectivity index (χ0v) is 14.7. The Kier molecular flexibility index (Phi) is 5.16. The third-order valence-electron chi connectivity index (χ3n) is 3.46. The number of pyridine rings is 2. The number of nitrogens with zero attached hydrogens (tertiary/aromatic N) is 2. The third-order valence-corrected chi connectivity index (χ3v) is 3.98. The molecule has 0 unspecified atom stereocenters. The minimum Gasteiger partial charge on any atom is -0.494 e. The highest BCUT2D eigenvalue weighted by atomic mass is 35.5. The summed E-state index contributed by atoms with van der Waals surface area (Å²) in [6, 6.07) is 11.8. The van der Waals surface area contributed by atoms with Gasteiger partial charge in [-0.15, -0.1) is 0 Å². The number of hydrogen-bond donors (Lipinski definition) is 1. The Bertz CT molecular complexity index is 932. The van der Waals surface area contributed by atoms with Crippen molar-refractivity contribution in [1.82, 2.24) is 9.97 Å². The minimum atomic E-state index is -0.302. The van der Waals surface area contributed by atoms with Gasteiger partial charge in [0.2, 0.25) is 0 Å². The molecule has 126 valence electrons. The number of amides is 1. The van der Waals surface area contributed by atoms with Crippen LogP contribution in [0.3, 0.4) is 0 Å². The molecule has 0 radical (unpaired) electrons. The van der Waals surface area contributed by atoms with Gasteiger partial charge in [0.25, 0.3) is 5.91 Å². The topological polar surface area (TPSA) is 64.1 Å². The lowest BCUT2D eigenvalue weighted by atomic mass is 10.1. The lowest BCUT2D eigenvalue weighted by Gasteiger charge is -2.10. The average molecular weight is 374 g/mol. The Morgan fingerprint density at radius 1 is 1.08 bits per heavy atom. The SMILES string of the molecule is COc1cccnc1-c1ccc(C(=O)Nc2ccnc(Cl)c2)cc1Cl. The van der Waals surface area contributed by atoms with E-state index >= 15 is 0 Å². The van der Waals surface area contributed by atoms with Gasteiger partial charge in [-0.25, -0.2) is 4.98 Å². The normalized spacial score (nSPS) is 10.4. The van der Waals surface area contributed by atoms with Crippen molar-refractivity contribution in [1.29, 1.82) is 0 Å². The van der Waals surface area contributed by atoms with E-state index in [0.717, 1.165) is 0 Å². The molecule has 0 bridgehead atoms. The largest absolute Gasteiger partial charge is 0.494 e. The summed E-state index contributed by atoms with van der Waals surface area (Å²) in [6.07, 6.45) is 3.17. The first-order valence-electron chi connectivity index (χ1n) is 7.30. The van der Waals surface area contributed by atoms with Crippen LogP contribution in [0.1, 0.15) is 10.4 Å². The maximum absolute atomic E-state index is 12.4. The van der Waals surface area contributed by atoms with Crippen molar-refractivity contribution in [2.24, 2.45) is 0 Å². The van der Waals surface area contributed by atoms with Gasteiger partial charge in [0.1, 0.15) is 16.6 Å². The molecule has 1 amide bonds. The van der Waals surface area contributed by atoms with Crippen LogP contribution < -0.4 is 10.1 Å². The smallest absolute Gasteiger partial charge is 0.255 e. The van der Waals surface area contributed by atoms with Gasteiger partial charge in [-0.3, -0.25) is 9.78 Å². The summed E-state index contributed by atoms with van der Waals surface area (Å²) in [6.45, 7) is 0. The first kappa shape index (κ1) is 17.2. The molecule has 0 fully saturated rings. The highest BCUT2D eigenvalue weighted by Gasteiger charge is 2.14. The molecule has 2 heterocycles. The maximum Gasteiger partial charge on any atom is 0.255 e. The molecule has 25 heavy (non-hydrogen) atoms. The van der Waals surface area contributed by atoms with Gasteiger partial charge in [0, 0.05) is 29.2 Å². The van der Waals surface area contributed by atoms with Gasteiger partial charge in [0.05, 0.1) is 12.1 Å². The van der Waals surface area contributed by atoms with Crippen molar-refractivity contribution >= 4 is 34.8 Å². The molecule has 0 aliphatic heterocycles. The van der Waals surface area contributed by atoms with Gasteiger partial charge in [0.15, 0.2) is 0 Å². The zero-order chi connectivity index (χ0) is 17.8. The second-order valence-electron chi connectivity index (χ2n) is 5.07. The summed E-state index contributed by atoms with van der Waals surface area (Å²) in [7, 11) is 1.57. The van der Waals surface area contributed by atoms with Crippen molar-refractivity contribution in [3.63, 3.8) is 0 Å². The van der Waals surface area contributed by atoms with Crippen LogP contribution in [0.5, 0.6) is 5.75 Å². The maximum atomic E-state index is 12.4. The van der Waals surface area contributed by atoms with E-state index in [2.05, 4.69) is 15.3 Å². The van der Waals surface area contributed by atoms with Gasteiger partial charge in [-0.1, -0.05) is 29.3 Å². The number of hydrogen-bond acceptors (Lipinski definition) is 4. The molecular weight excluding hydrogens is 361 g/mol. The van der Waals surface area contributed by atoms with Crippen molar-refractivity contribution in [3.8, 4) is 17.0 Å². The number of rotatable bonds is 4. The predicted molar refractivity (Wildman–Crippen MR) is 98.4 cm³/mol. The van der Waals surface area contributed by atoms with Crippen molar-refractivity contribution < 1.29 is 9.53 Å². The summed E-state index contributed by atoms with van der Waals surface area (Å²) in [5, 5.41) is 3.45. The quantitative estimate of drug-likeness (QED) is 0.672. The summed E-state index contributed by atoms with van der Waals surface area (Å²) in [4.78, 5) is 20.5. The highest BCUT2D eigenvalue weighted by molar-refractivity contribution is 6.33. The van der Waals surface area contributed by atoms with Crippen LogP contribution in [0, 0.1) is 0 Å². The predicted octanol–water partition coefficient (Wildman–Crippen LogP) is 4.71. The molecule has 1 N–H and O–H groups in total. The molecule has 0 aliphatic carbocycles. The number of methoxy groups -OCH3 is 1. The van der Waals surface area contributed by atoms with E-state index in [4.69, 9.17) is 27.9 Å². The van der Waals surface area contributed by atoms with Crippen LogP contribution in [-0.2, 0) is 0 Å². The van der Waals surface area contributed by atoms with Gasteiger partial charge < -0.3 is 10.1 Å². The fraction of sp³-hybridized carbons (Fsp3) is 0.0556. The minimum absolute atomic E-state index is 0.299. The van der Waals surface area contributed by atoms with Gasteiger partial charge in [-0.2, -0.15) is 0 Å². The van der Waals surface area contributed by atoms with E-state index in [-0.39, 0.29) is 5.91 Å². The Morgan fingerprint density at radius 3 is 2.64 bits per heavy atom. The van der Waals surface area contributed by atoms with Crippen LogP contribution in [0.4, 0.5) is 5.69 Å². The molecular formula is C18H13Cl2N3O2. The van der Waals surface area contributed by atoms with Crippen LogP contribution in [0.25, 0.3) is 11.3 Å². The lowest BCUT2D eigenvalue weighted by Crippen LogP contribution is -2.12. The second-order valence-corrected chi connectivity index (χ2v) is 5.86. The Balaban J connectivity index is 1.88. The van der Waals surface area contributed by atoms with E-state index in [1.807, 2.05) is 0 Å². The van der Waals surface area contributed by atoms with Gasteiger partial charge in [-0.05, 0) is 36.4 Å². The number of carbonyl (C=O) groups is 1. The van der Waals surface area contributed by atoms with Crippen molar-refractivity contribution in [2.75, 3.05) is 12.4 Å². The monoisotopic (exact) mass is 373 g/mol. The number of ether oxygens (including phenoxy) is 1. The molecule has 3 aromatic rings. The third kappa shape index (κ3) is 3.90. The number of benzene rings is 1. The molecule has 7 heteroatoms. The summed E-state index contributed by atoms with van der Waals surface area (Å²) < 4.78 is 5.30. The van der Waals surface area contributed by atoms with Crippen molar-refractivity contribution in [3.05, 3.63) is 70.6 Å². The van der Waals surface area contributed by atoms with E-state index < -0.39 is 0 Å². The fourth-order valence-corrected chi connectivity index (χ4v) is 2.73. The van der Waals surface area contributed by atoms with Crippen LogP contribution >= 0.6 is 23.2 Å². The van der Waals surface area contributed by atoms with E-state index in [1.54, 1.807) is 55.8 Å². The fourth-order valence-electron chi connectivity index (χ4n) is 2.29. The number of anilines is 1. The van der Waals surface area contributed by atoms with Gasteiger partial charge >= 0.3 is 0 Å². The lowest BCUT2D eigenvalue weighted by molar-refractivity contribution is 0.102. The van der Waals surface area contributed by atoms with Crippen LogP contribution in [-0.4, -0.2) is 23.0 Å². The number of aromatic nitrogens is 2. The molecule has 0 saturated heterocycles. The number of halogens is 2. The molecule has 0 atom stereocenters. The molecule has 5 nitrogen and oxygen atoms in total. The Labute approximate surface area is 154 Å². The summed E-state index contributed by atoms with van der Waals surface area (Å²) in [5.74, 6) is 0.303. The first-order valence-corrected chi connectivity index (χ1v) is 8.06. The Hall–Kier alpha value is -2.63. The van der Waals surface area contributed by atoms with Crippen LogP contribution in [0.15, 0.2) is 54.9 Å². The summed E-state index contributed by atoms with van der Waals surface area (Å²) in [5.41, 5.74) is 2.26. The standard InChI is InChI=1S/C18H13Cl2N3O2/c1-25-15-3-2-7-22-17(15)13-5-4-11(9-14(13)19)18(24)23-12-6-8-21-16(20)10-12/h2-10H,1H3,(H,21,23,24).